The van der Waals surface area contributed by atoms with E-state index in [0.29, 0.717) is 22.7 Å². The number of halogens is 2. The van der Waals surface area contributed by atoms with Gasteiger partial charge in [-0.3, -0.25) is 4.79 Å². The van der Waals surface area contributed by atoms with Crippen LogP contribution < -0.4 is 11.1 Å². The van der Waals surface area contributed by atoms with Gasteiger partial charge in [0.1, 0.15) is 0 Å². The van der Waals surface area contributed by atoms with Gasteiger partial charge in [-0.25, -0.2) is 8.78 Å². The fourth-order valence-corrected chi connectivity index (χ4v) is 4.98. The van der Waals surface area contributed by atoms with Gasteiger partial charge < -0.3 is 16.5 Å². The quantitative estimate of drug-likeness (QED) is 0.553. The minimum absolute atomic E-state index is 0.0400. The summed E-state index contributed by atoms with van der Waals surface area (Å²) in [5.41, 5.74) is 10.6. The molecule has 0 radical (unpaired) electrons. The molecule has 0 saturated heterocycles. The van der Waals surface area contributed by atoms with E-state index >= 15 is 0 Å². The van der Waals surface area contributed by atoms with Gasteiger partial charge in [0.15, 0.2) is 11.6 Å². The summed E-state index contributed by atoms with van der Waals surface area (Å²) in [6, 6.07) is 9.82. The van der Waals surface area contributed by atoms with Gasteiger partial charge in [0.25, 0.3) is 0 Å². The van der Waals surface area contributed by atoms with Crippen LogP contribution in [0.3, 0.4) is 0 Å². The molecular weight excluding hydrogens is 396 g/mol. The number of carbonyl (C=O) groups excluding carboxylic acids is 1. The maximum atomic E-state index is 13.9. The van der Waals surface area contributed by atoms with Crippen LogP contribution in [0.1, 0.15) is 62.1 Å². The van der Waals surface area contributed by atoms with Crippen molar-refractivity contribution in [3.8, 4) is 0 Å². The zero-order chi connectivity index (χ0) is 22.3. The Morgan fingerprint density at radius 1 is 1.13 bits per heavy atom. The third-order valence-corrected chi connectivity index (χ3v) is 6.70. The van der Waals surface area contributed by atoms with E-state index in [2.05, 4.69) is 5.32 Å². The molecule has 31 heavy (non-hydrogen) atoms. The number of carbonyl (C=O) groups is 1. The number of amides is 1. The van der Waals surface area contributed by atoms with Gasteiger partial charge in [-0.15, -0.1) is 0 Å². The van der Waals surface area contributed by atoms with Crippen LogP contribution in [-0.4, -0.2) is 11.6 Å². The average Bonchev–Trinajstić information content (AvgIpc) is 3.47. The fourth-order valence-electron chi connectivity index (χ4n) is 4.98. The van der Waals surface area contributed by atoms with E-state index in [1.807, 2.05) is 12.1 Å². The lowest BCUT2D eigenvalue weighted by Crippen LogP contribution is -2.27. The van der Waals surface area contributed by atoms with E-state index in [0.717, 1.165) is 42.4 Å². The average molecular weight is 424 g/mol. The first-order valence-corrected chi connectivity index (χ1v) is 10.6. The van der Waals surface area contributed by atoms with Gasteiger partial charge in [0, 0.05) is 29.1 Å². The summed E-state index contributed by atoms with van der Waals surface area (Å²) in [5.74, 6) is -1.91. The number of nitrogens with two attached hydrogens (primary N) is 1. The van der Waals surface area contributed by atoms with Crippen LogP contribution in [-0.2, 0) is 11.2 Å². The molecule has 0 bridgehead atoms. The van der Waals surface area contributed by atoms with E-state index in [4.69, 9.17) is 11.1 Å². The van der Waals surface area contributed by atoms with Crippen LogP contribution in [0.5, 0.6) is 0 Å². The van der Waals surface area contributed by atoms with Gasteiger partial charge in [-0.05, 0) is 91.8 Å². The largest absolute Gasteiger partial charge is 0.402 e. The van der Waals surface area contributed by atoms with Crippen LogP contribution in [0, 0.1) is 22.5 Å². The molecule has 0 aliphatic heterocycles. The molecule has 4 N–H and O–H groups in total. The minimum Gasteiger partial charge on any atom is -0.402 e. The zero-order valence-electron chi connectivity index (χ0n) is 17.8. The van der Waals surface area contributed by atoms with E-state index in [1.165, 1.54) is 12.1 Å². The second kappa shape index (κ2) is 7.91. The lowest BCUT2D eigenvalue weighted by molar-refractivity contribution is -0.117. The second-order valence-electron chi connectivity index (χ2n) is 8.89. The lowest BCUT2D eigenvalue weighted by atomic mass is 9.71. The zero-order valence-corrected chi connectivity index (χ0v) is 17.8. The first kappa shape index (κ1) is 21.2. The molecule has 1 fully saturated rings. The van der Waals surface area contributed by atoms with Gasteiger partial charge in [-0.1, -0.05) is 12.1 Å². The molecule has 162 valence electrons. The number of benzene rings is 2. The Balaban J connectivity index is 1.51. The molecule has 2 aromatic rings. The van der Waals surface area contributed by atoms with Crippen LogP contribution in [0.15, 0.2) is 42.1 Å². The Labute approximate surface area is 181 Å². The highest BCUT2D eigenvalue weighted by atomic mass is 19.2. The van der Waals surface area contributed by atoms with E-state index in [-0.39, 0.29) is 23.7 Å². The summed E-state index contributed by atoms with van der Waals surface area (Å²) in [6.07, 6.45) is 3.93. The molecular formula is C25H27F2N3O. The Hall–Kier alpha value is -3.02. The van der Waals surface area contributed by atoms with Gasteiger partial charge >= 0.3 is 0 Å². The van der Waals surface area contributed by atoms with Gasteiger partial charge in [0.2, 0.25) is 5.91 Å². The van der Waals surface area contributed by atoms with Crippen molar-refractivity contribution in [2.45, 2.75) is 51.9 Å². The standard InChI is InChI=1S/C25H27F2N3O/c1-14(28)24(15(2)29)16-3-5-18(6-4-16)30-23(31)13-20-19-12-22(27)21(26)11-17(19)7-8-25(20)9-10-25/h3-6,11-12,20,28H,7-10,13,29H2,1-2H3,(H,30,31)/b24-15+,28-14?. The van der Waals surface area contributed by atoms with E-state index in [9.17, 15) is 13.6 Å². The molecule has 4 rings (SSSR count). The van der Waals surface area contributed by atoms with E-state index in [1.54, 1.807) is 26.0 Å². The maximum Gasteiger partial charge on any atom is 0.225 e. The summed E-state index contributed by atoms with van der Waals surface area (Å²) >= 11 is 0. The molecule has 0 heterocycles. The molecule has 4 nitrogen and oxygen atoms in total. The number of hydrogen-bond donors (Lipinski definition) is 3. The summed E-state index contributed by atoms with van der Waals surface area (Å²) < 4.78 is 27.7. The highest BCUT2D eigenvalue weighted by Crippen LogP contribution is 2.63. The molecule has 2 aromatic carbocycles. The molecule has 2 aliphatic carbocycles. The number of rotatable bonds is 5. The first-order chi connectivity index (χ1) is 14.7. The smallest absolute Gasteiger partial charge is 0.225 e. The molecule has 6 heteroatoms. The normalized spacial score (nSPS) is 19.4. The van der Waals surface area contributed by atoms with Crippen LogP contribution in [0.25, 0.3) is 5.57 Å². The molecule has 1 unspecified atom stereocenters. The topological polar surface area (TPSA) is 79.0 Å². The fraction of sp³-hybridized carbons (Fsp3) is 0.360. The monoisotopic (exact) mass is 423 g/mol. The van der Waals surface area contributed by atoms with Crippen molar-refractivity contribution in [3.63, 3.8) is 0 Å². The van der Waals surface area contributed by atoms with Crippen molar-refractivity contribution >= 4 is 22.9 Å². The molecule has 1 atom stereocenters. The van der Waals surface area contributed by atoms with Gasteiger partial charge in [-0.2, -0.15) is 0 Å². The highest BCUT2D eigenvalue weighted by molar-refractivity contribution is 6.21. The van der Waals surface area contributed by atoms with Crippen molar-refractivity contribution in [2.75, 3.05) is 5.32 Å². The highest BCUT2D eigenvalue weighted by Gasteiger charge is 2.52. The second-order valence-corrected chi connectivity index (χ2v) is 8.89. The predicted molar refractivity (Wildman–Crippen MR) is 119 cm³/mol. The third-order valence-electron chi connectivity index (χ3n) is 6.70. The number of hydrogen-bond acceptors (Lipinski definition) is 3. The Morgan fingerprint density at radius 2 is 1.77 bits per heavy atom. The van der Waals surface area contributed by atoms with Crippen LogP contribution in [0.4, 0.5) is 14.5 Å². The van der Waals surface area contributed by atoms with Crippen molar-refractivity contribution in [3.05, 3.63) is 70.4 Å². The Bertz CT molecular complexity index is 1080. The molecule has 1 spiro atoms. The van der Waals surface area contributed by atoms with Crippen molar-refractivity contribution in [1.82, 2.24) is 0 Å². The lowest BCUT2D eigenvalue weighted by Gasteiger charge is -2.34. The summed E-state index contributed by atoms with van der Waals surface area (Å²) in [7, 11) is 0. The first-order valence-electron chi connectivity index (χ1n) is 10.6. The Morgan fingerprint density at radius 3 is 2.35 bits per heavy atom. The number of fused-ring (bicyclic) bond motifs is 1. The van der Waals surface area contributed by atoms with Crippen LogP contribution in [0.2, 0.25) is 0 Å². The van der Waals surface area contributed by atoms with Gasteiger partial charge in [0.05, 0.1) is 0 Å². The summed E-state index contributed by atoms with van der Waals surface area (Å²) in [6.45, 7) is 3.44. The van der Waals surface area contributed by atoms with Crippen molar-refractivity contribution in [1.29, 1.82) is 5.41 Å². The summed E-state index contributed by atoms with van der Waals surface area (Å²) in [5, 5.41) is 10.8. The third kappa shape index (κ3) is 4.11. The summed E-state index contributed by atoms with van der Waals surface area (Å²) in [4.78, 5) is 12.9. The molecule has 1 saturated carbocycles. The van der Waals surface area contributed by atoms with Crippen molar-refractivity contribution in [2.24, 2.45) is 11.1 Å². The molecule has 1 amide bonds. The molecule has 2 aliphatic rings. The SMILES string of the molecule is CC(=N)/C(=C(/C)N)c1ccc(NC(=O)CC2c3cc(F)c(F)cc3CCC23CC3)cc1. The van der Waals surface area contributed by atoms with Crippen molar-refractivity contribution < 1.29 is 13.6 Å². The number of allylic oxidation sites excluding steroid dienone is 2. The van der Waals surface area contributed by atoms with E-state index < -0.39 is 11.6 Å². The molecule has 0 aromatic heterocycles. The Kier molecular flexibility index (Phi) is 5.42. The predicted octanol–water partition coefficient (Wildman–Crippen LogP) is 5.53. The maximum absolute atomic E-state index is 13.9. The minimum atomic E-state index is -0.849. The number of aryl methyl sites for hydroxylation is 1. The number of anilines is 1. The number of nitrogens with one attached hydrogen (secondary N) is 2. The van der Waals surface area contributed by atoms with Crippen LogP contribution >= 0.6 is 0 Å².